The lowest BCUT2D eigenvalue weighted by Gasteiger charge is -2.33. The first kappa shape index (κ1) is 18.9. The number of benzene rings is 1. The number of amides is 4. The zero-order valence-electron chi connectivity index (χ0n) is 17.0. The quantitative estimate of drug-likeness (QED) is 0.821. The van der Waals surface area contributed by atoms with Gasteiger partial charge in [0.2, 0.25) is 0 Å². The van der Waals surface area contributed by atoms with Crippen molar-refractivity contribution >= 4 is 17.7 Å². The molecule has 30 heavy (non-hydrogen) atoms. The zero-order valence-corrected chi connectivity index (χ0v) is 17.0. The van der Waals surface area contributed by atoms with Crippen LogP contribution in [-0.4, -0.2) is 46.5 Å². The molecule has 7 nitrogen and oxygen atoms in total. The predicted octanol–water partition coefficient (Wildman–Crippen LogP) is 3.44. The Morgan fingerprint density at radius 3 is 2.53 bits per heavy atom. The van der Waals surface area contributed by atoms with Crippen LogP contribution in [0.2, 0.25) is 0 Å². The molecule has 1 aliphatic carbocycles. The minimum atomic E-state index is -0.0235. The van der Waals surface area contributed by atoms with Gasteiger partial charge in [-0.25, -0.2) is 9.59 Å². The number of piperidine rings is 1. The standard InChI is InChI=1S/C23H27N5O2/c29-21(28-15-17-6-9-24-13-18(17)16-28)25-14-19-12-23(19)7-10-27(11-8-23)22(30)26-20-4-2-1-3-5-20/h1-6,9,13,19H,7-8,10-12,14-16H2,(H,25,29)(H,26,30). The molecular formula is C23H27N5O2. The Bertz CT molecular complexity index is 915. The van der Waals surface area contributed by atoms with Crippen molar-refractivity contribution in [3.05, 3.63) is 59.9 Å². The van der Waals surface area contributed by atoms with Crippen LogP contribution in [0, 0.1) is 11.3 Å². The summed E-state index contributed by atoms with van der Waals surface area (Å²) in [5, 5.41) is 6.10. The summed E-state index contributed by atoms with van der Waals surface area (Å²) in [6.07, 6.45) is 6.79. The number of pyridine rings is 1. The van der Waals surface area contributed by atoms with E-state index in [1.54, 1.807) is 6.20 Å². The van der Waals surface area contributed by atoms with Gasteiger partial charge in [0.25, 0.3) is 0 Å². The topological polar surface area (TPSA) is 77.6 Å². The van der Waals surface area contributed by atoms with Crippen molar-refractivity contribution in [3.8, 4) is 0 Å². The van der Waals surface area contributed by atoms with Gasteiger partial charge < -0.3 is 20.4 Å². The highest BCUT2D eigenvalue weighted by atomic mass is 16.2. The summed E-state index contributed by atoms with van der Waals surface area (Å²) < 4.78 is 0. The van der Waals surface area contributed by atoms with E-state index in [9.17, 15) is 9.59 Å². The van der Waals surface area contributed by atoms with Gasteiger partial charge in [-0.15, -0.1) is 0 Å². The number of carbonyl (C=O) groups excluding carboxylic acids is 2. The van der Waals surface area contributed by atoms with Crippen LogP contribution < -0.4 is 10.6 Å². The lowest BCUT2D eigenvalue weighted by molar-refractivity contribution is 0.169. The third-order valence-corrected chi connectivity index (χ3v) is 6.94. The molecule has 156 valence electrons. The molecule has 0 bridgehead atoms. The first-order valence-corrected chi connectivity index (χ1v) is 10.7. The number of hydrogen-bond acceptors (Lipinski definition) is 3. The average molecular weight is 406 g/mol. The summed E-state index contributed by atoms with van der Waals surface area (Å²) in [5.41, 5.74) is 3.45. The SMILES string of the molecule is O=C(NCC1CC12CCN(C(=O)Nc1ccccc1)CC2)N1Cc2ccncc2C1. The van der Waals surface area contributed by atoms with Crippen LogP contribution in [-0.2, 0) is 13.1 Å². The van der Waals surface area contributed by atoms with Crippen LogP contribution >= 0.6 is 0 Å². The minimum absolute atomic E-state index is 0.00734. The van der Waals surface area contributed by atoms with Gasteiger partial charge in [0.1, 0.15) is 0 Å². The average Bonchev–Trinajstić information content (AvgIpc) is 3.25. The Balaban J connectivity index is 1.06. The van der Waals surface area contributed by atoms with Crippen LogP contribution in [0.15, 0.2) is 48.8 Å². The smallest absolute Gasteiger partial charge is 0.321 e. The second-order valence-electron chi connectivity index (χ2n) is 8.73. The van der Waals surface area contributed by atoms with Gasteiger partial charge in [-0.3, -0.25) is 4.98 Å². The number of likely N-dealkylation sites (tertiary alicyclic amines) is 1. The van der Waals surface area contributed by atoms with Crippen LogP contribution in [0.4, 0.5) is 15.3 Å². The van der Waals surface area contributed by atoms with E-state index in [4.69, 9.17) is 0 Å². The minimum Gasteiger partial charge on any atom is -0.338 e. The van der Waals surface area contributed by atoms with Gasteiger partial charge in [-0.1, -0.05) is 18.2 Å². The molecule has 2 fully saturated rings. The van der Waals surface area contributed by atoms with Gasteiger partial charge in [-0.2, -0.15) is 0 Å². The van der Waals surface area contributed by atoms with Gasteiger partial charge in [0, 0.05) is 50.8 Å². The molecule has 1 atom stereocenters. The summed E-state index contributed by atoms with van der Waals surface area (Å²) in [4.78, 5) is 32.9. The molecule has 1 spiro atoms. The van der Waals surface area contributed by atoms with Gasteiger partial charge in [0.05, 0.1) is 0 Å². The molecular weight excluding hydrogens is 378 g/mol. The molecule has 7 heteroatoms. The van der Waals surface area contributed by atoms with E-state index in [2.05, 4.69) is 15.6 Å². The summed E-state index contributed by atoms with van der Waals surface area (Å²) in [7, 11) is 0. The lowest BCUT2D eigenvalue weighted by Crippen LogP contribution is -2.43. The van der Waals surface area contributed by atoms with Crippen molar-refractivity contribution < 1.29 is 9.59 Å². The highest BCUT2D eigenvalue weighted by Gasteiger charge is 2.54. The highest BCUT2D eigenvalue weighted by Crippen LogP contribution is 2.59. The number of aromatic nitrogens is 1. The summed E-state index contributed by atoms with van der Waals surface area (Å²) in [5.74, 6) is 0.521. The van der Waals surface area contributed by atoms with Gasteiger partial charge in [0.15, 0.2) is 0 Å². The lowest BCUT2D eigenvalue weighted by atomic mass is 9.91. The number of nitrogens with zero attached hydrogens (tertiary/aromatic N) is 3. The molecule has 4 amide bonds. The Hall–Kier alpha value is -3.09. The molecule has 2 aliphatic heterocycles. The van der Waals surface area contributed by atoms with Gasteiger partial charge in [-0.05, 0) is 59.9 Å². The number of para-hydroxylation sites is 1. The van der Waals surface area contributed by atoms with Crippen LogP contribution in [0.3, 0.4) is 0 Å². The van der Waals surface area contributed by atoms with Crippen LogP contribution in [0.1, 0.15) is 30.4 Å². The maximum absolute atomic E-state index is 12.6. The van der Waals surface area contributed by atoms with E-state index >= 15 is 0 Å². The Morgan fingerprint density at radius 1 is 1.00 bits per heavy atom. The Labute approximate surface area is 176 Å². The maximum Gasteiger partial charge on any atom is 0.321 e. The summed E-state index contributed by atoms with van der Waals surface area (Å²) in [6.45, 7) is 3.57. The molecule has 1 saturated heterocycles. The molecule has 1 saturated carbocycles. The molecule has 2 N–H and O–H groups in total. The van der Waals surface area contributed by atoms with E-state index in [-0.39, 0.29) is 12.1 Å². The van der Waals surface area contributed by atoms with Crippen molar-refractivity contribution in [3.63, 3.8) is 0 Å². The fourth-order valence-electron chi connectivity index (χ4n) is 4.90. The monoisotopic (exact) mass is 405 g/mol. The van der Waals surface area contributed by atoms with Gasteiger partial charge >= 0.3 is 12.1 Å². The van der Waals surface area contributed by atoms with E-state index < -0.39 is 0 Å². The fraction of sp³-hybridized carbons (Fsp3) is 0.435. The molecule has 1 unspecified atom stereocenters. The van der Waals surface area contributed by atoms with Crippen LogP contribution in [0.5, 0.6) is 0 Å². The number of rotatable bonds is 3. The first-order chi connectivity index (χ1) is 14.6. The number of carbonyl (C=O) groups is 2. The van der Waals surface area contributed by atoms with Crippen molar-refractivity contribution in [1.29, 1.82) is 0 Å². The number of anilines is 1. The third-order valence-electron chi connectivity index (χ3n) is 6.94. The van der Waals surface area contributed by atoms with E-state index in [0.29, 0.717) is 24.4 Å². The van der Waals surface area contributed by atoms with Crippen molar-refractivity contribution in [2.75, 3.05) is 25.0 Å². The number of fused-ring (bicyclic) bond motifs is 1. The van der Waals surface area contributed by atoms with E-state index in [0.717, 1.165) is 50.1 Å². The third kappa shape index (κ3) is 3.72. The van der Waals surface area contributed by atoms with E-state index in [1.165, 1.54) is 5.56 Å². The van der Waals surface area contributed by atoms with Crippen molar-refractivity contribution in [2.45, 2.75) is 32.4 Å². The normalized spacial score (nSPS) is 21.3. The maximum atomic E-state index is 12.6. The number of nitrogens with one attached hydrogen (secondary N) is 2. The molecule has 0 radical (unpaired) electrons. The Kier molecular flexibility index (Phi) is 4.81. The molecule has 5 rings (SSSR count). The predicted molar refractivity (Wildman–Crippen MR) is 114 cm³/mol. The molecule has 1 aromatic carbocycles. The number of hydrogen-bond donors (Lipinski definition) is 2. The molecule has 3 aliphatic rings. The molecule has 2 aromatic rings. The second-order valence-corrected chi connectivity index (χ2v) is 8.73. The van der Waals surface area contributed by atoms with E-state index in [1.807, 2.05) is 52.4 Å². The zero-order chi connectivity index (χ0) is 20.6. The summed E-state index contributed by atoms with van der Waals surface area (Å²) in [6, 6.07) is 11.5. The second kappa shape index (κ2) is 7.63. The van der Waals surface area contributed by atoms with Crippen molar-refractivity contribution in [2.24, 2.45) is 11.3 Å². The van der Waals surface area contributed by atoms with Crippen molar-refractivity contribution in [1.82, 2.24) is 20.1 Å². The van der Waals surface area contributed by atoms with Crippen LogP contribution in [0.25, 0.3) is 0 Å². The Morgan fingerprint density at radius 2 is 1.77 bits per heavy atom. The fourth-order valence-corrected chi connectivity index (χ4v) is 4.90. The molecule has 1 aromatic heterocycles. The number of urea groups is 2. The summed E-state index contributed by atoms with van der Waals surface area (Å²) >= 11 is 0. The first-order valence-electron chi connectivity index (χ1n) is 10.7. The highest BCUT2D eigenvalue weighted by molar-refractivity contribution is 5.89. The largest absolute Gasteiger partial charge is 0.338 e. The molecule has 3 heterocycles.